The van der Waals surface area contributed by atoms with E-state index in [-0.39, 0.29) is 0 Å². The summed E-state index contributed by atoms with van der Waals surface area (Å²) >= 11 is 0. The zero-order valence-corrected chi connectivity index (χ0v) is 7.77. The standard InChI is InChI=1S/C9H10N4O/c1-2-8-12-9(13-14-8)6-4-3-5-7(10)11-6/h3-5H,2H2,1H3,(H2,10,11). The summed E-state index contributed by atoms with van der Waals surface area (Å²) in [6.07, 6.45) is 0.718. The highest BCUT2D eigenvalue weighted by atomic mass is 16.5. The van der Waals surface area contributed by atoms with E-state index in [4.69, 9.17) is 10.3 Å². The van der Waals surface area contributed by atoms with Gasteiger partial charge in [-0.15, -0.1) is 0 Å². The highest BCUT2D eigenvalue weighted by Gasteiger charge is 2.07. The van der Waals surface area contributed by atoms with E-state index in [1.807, 2.05) is 6.92 Å². The number of aryl methyl sites for hydroxylation is 1. The zero-order chi connectivity index (χ0) is 9.97. The molecule has 0 aromatic carbocycles. The second-order valence-electron chi connectivity index (χ2n) is 2.81. The molecule has 2 N–H and O–H groups in total. The minimum Gasteiger partial charge on any atom is -0.384 e. The molecule has 0 aliphatic rings. The highest BCUT2D eigenvalue weighted by molar-refractivity contribution is 5.51. The molecule has 0 aliphatic carbocycles. The molecule has 0 atom stereocenters. The highest BCUT2D eigenvalue weighted by Crippen LogP contribution is 2.14. The Morgan fingerprint density at radius 3 is 2.86 bits per heavy atom. The summed E-state index contributed by atoms with van der Waals surface area (Å²) in [6.45, 7) is 1.95. The van der Waals surface area contributed by atoms with Crippen LogP contribution in [0.2, 0.25) is 0 Å². The molecule has 5 heteroatoms. The number of aromatic nitrogens is 3. The van der Waals surface area contributed by atoms with E-state index >= 15 is 0 Å². The number of nitrogen functional groups attached to an aromatic ring is 1. The van der Waals surface area contributed by atoms with E-state index in [0.29, 0.717) is 23.2 Å². The summed E-state index contributed by atoms with van der Waals surface area (Å²) in [4.78, 5) is 8.23. The smallest absolute Gasteiger partial charge is 0.226 e. The van der Waals surface area contributed by atoms with Crippen molar-refractivity contribution in [1.29, 1.82) is 0 Å². The molecule has 0 aliphatic heterocycles. The average molecular weight is 190 g/mol. The lowest BCUT2D eigenvalue weighted by molar-refractivity contribution is 0.382. The van der Waals surface area contributed by atoms with Crippen LogP contribution in [0, 0.1) is 0 Å². The first-order valence-corrected chi connectivity index (χ1v) is 4.35. The average Bonchev–Trinajstić information content (AvgIpc) is 2.66. The van der Waals surface area contributed by atoms with Crippen LogP contribution in [0.5, 0.6) is 0 Å². The van der Waals surface area contributed by atoms with Crippen molar-refractivity contribution < 1.29 is 4.52 Å². The van der Waals surface area contributed by atoms with Crippen molar-refractivity contribution in [2.45, 2.75) is 13.3 Å². The predicted molar refractivity (Wildman–Crippen MR) is 51.3 cm³/mol. The molecule has 2 aromatic rings. The number of nitrogens with zero attached hydrogens (tertiary/aromatic N) is 3. The minimum absolute atomic E-state index is 0.449. The Balaban J connectivity index is 2.39. The number of anilines is 1. The molecule has 0 amide bonds. The first kappa shape index (κ1) is 8.68. The number of nitrogens with two attached hydrogens (primary N) is 1. The van der Waals surface area contributed by atoms with Gasteiger partial charge in [-0.05, 0) is 12.1 Å². The summed E-state index contributed by atoms with van der Waals surface area (Å²) in [5.41, 5.74) is 6.17. The van der Waals surface area contributed by atoms with Gasteiger partial charge in [-0.25, -0.2) is 4.98 Å². The molecule has 14 heavy (non-hydrogen) atoms. The van der Waals surface area contributed by atoms with Crippen molar-refractivity contribution in [2.24, 2.45) is 0 Å². The Bertz CT molecular complexity index is 438. The fourth-order valence-corrected chi connectivity index (χ4v) is 1.08. The predicted octanol–water partition coefficient (Wildman–Crippen LogP) is 1.28. The maximum absolute atomic E-state index is 5.54. The van der Waals surface area contributed by atoms with E-state index in [1.165, 1.54) is 0 Å². The lowest BCUT2D eigenvalue weighted by Gasteiger charge is -1.93. The van der Waals surface area contributed by atoms with Gasteiger partial charge in [0.05, 0.1) is 0 Å². The Hall–Kier alpha value is -1.91. The first-order valence-electron chi connectivity index (χ1n) is 4.35. The lowest BCUT2D eigenvalue weighted by Crippen LogP contribution is -1.92. The molecular formula is C9H10N4O. The van der Waals surface area contributed by atoms with E-state index in [1.54, 1.807) is 18.2 Å². The Kier molecular flexibility index (Phi) is 2.14. The second-order valence-corrected chi connectivity index (χ2v) is 2.81. The Morgan fingerprint density at radius 1 is 1.36 bits per heavy atom. The van der Waals surface area contributed by atoms with Gasteiger partial charge in [0, 0.05) is 6.42 Å². The van der Waals surface area contributed by atoms with Gasteiger partial charge in [0.15, 0.2) is 0 Å². The SMILES string of the molecule is CCc1nc(-c2cccc(N)n2)no1. The normalized spacial score (nSPS) is 10.4. The largest absolute Gasteiger partial charge is 0.384 e. The molecule has 2 rings (SSSR count). The van der Waals surface area contributed by atoms with Crippen LogP contribution < -0.4 is 5.73 Å². The van der Waals surface area contributed by atoms with E-state index in [9.17, 15) is 0 Å². The molecular weight excluding hydrogens is 180 g/mol. The monoisotopic (exact) mass is 190 g/mol. The third-order valence-electron chi connectivity index (χ3n) is 1.77. The van der Waals surface area contributed by atoms with Gasteiger partial charge in [-0.3, -0.25) is 0 Å². The van der Waals surface area contributed by atoms with Crippen LogP contribution in [-0.2, 0) is 6.42 Å². The second kappa shape index (κ2) is 3.45. The van der Waals surface area contributed by atoms with Gasteiger partial charge in [0.25, 0.3) is 0 Å². The maximum Gasteiger partial charge on any atom is 0.226 e. The molecule has 0 saturated carbocycles. The molecule has 72 valence electrons. The van der Waals surface area contributed by atoms with Gasteiger partial charge in [0.1, 0.15) is 11.5 Å². The molecule has 0 unspecified atom stereocenters. The lowest BCUT2D eigenvalue weighted by atomic mass is 10.3. The van der Waals surface area contributed by atoms with Crippen LogP contribution in [0.3, 0.4) is 0 Å². The van der Waals surface area contributed by atoms with Gasteiger partial charge in [0.2, 0.25) is 11.7 Å². The third-order valence-corrected chi connectivity index (χ3v) is 1.77. The van der Waals surface area contributed by atoms with Gasteiger partial charge in [-0.1, -0.05) is 18.1 Å². The van der Waals surface area contributed by atoms with Gasteiger partial charge in [-0.2, -0.15) is 4.98 Å². The topological polar surface area (TPSA) is 77.8 Å². The van der Waals surface area contributed by atoms with Crippen LogP contribution in [0.15, 0.2) is 22.7 Å². The zero-order valence-electron chi connectivity index (χ0n) is 7.77. The van der Waals surface area contributed by atoms with Crippen molar-refractivity contribution in [3.63, 3.8) is 0 Å². The molecule has 5 nitrogen and oxygen atoms in total. The molecule has 0 saturated heterocycles. The maximum atomic E-state index is 5.54. The number of pyridine rings is 1. The van der Waals surface area contributed by atoms with Crippen molar-refractivity contribution in [3.05, 3.63) is 24.1 Å². The number of hydrogen-bond donors (Lipinski definition) is 1. The summed E-state index contributed by atoms with van der Waals surface area (Å²) in [5, 5.41) is 3.79. The Morgan fingerprint density at radius 2 is 2.21 bits per heavy atom. The molecule has 2 heterocycles. The van der Waals surface area contributed by atoms with Crippen LogP contribution in [-0.4, -0.2) is 15.1 Å². The van der Waals surface area contributed by atoms with Crippen LogP contribution in [0.25, 0.3) is 11.5 Å². The third kappa shape index (κ3) is 1.56. The molecule has 0 radical (unpaired) electrons. The Labute approximate surface area is 81.0 Å². The van der Waals surface area contributed by atoms with Gasteiger partial charge < -0.3 is 10.3 Å². The molecule has 0 spiro atoms. The van der Waals surface area contributed by atoms with Crippen molar-refractivity contribution in [1.82, 2.24) is 15.1 Å². The molecule has 2 aromatic heterocycles. The summed E-state index contributed by atoms with van der Waals surface area (Å²) in [5.74, 6) is 1.53. The quantitative estimate of drug-likeness (QED) is 0.771. The van der Waals surface area contributed by atoms with Gasteiger partial charge >= 0.3 is 0 Å². The van der Waals surface area contributed by atoms with Crippen molar-refractivity contribution in [2.75, 3.05) is 5.73 Å². The van der Waals surface area contributed by atoms with Crippen LogP contribution >= 0.6 is 0 Å². The summed E-state index contributed by atoms with van der Waals surface area (Å²) in [6, 6.07) is 5.31. The summed E-state index contributed by atoms with van der Waals surface area (Å²) < 4.78 is 4.97. The van der Waals surface area contributed by atoms with Crippen LogP contribution in [0.4, 0.5) is 5.82 Å². The molecule has 0 bridgehead atoms. The molecule has 0 fully saturated rings. The number of hydrogen-bond acceptors (Lipinski definition) is 5. The van der Waals surface area contributed by atoms with E-state index in [2.05, 4.69) is 15.1 Å². The van der Waals surface area contributed by atoms with E-state index in [0.717, 1.165) is 6.42 Å². The van der Waals surface area contributed by atoms with Crippen molar-refractivity contribution >= 4 is 5.82 Å². The summed E-state index contributed by atoms with van der Waals surface area (Å²) in [7, 11) is 0. The van der Waals surface area contributed by atoms with Crippen LogP contribution in [0.1, 0.15) is 12.8 Å². The fourth-order valence-electron chi connectivity index (χ4n) is 1.08. The van der Waals surface area contributed by atoms with Crippen molar-refractivity contribution in [3.8, 4) is 11.5 Å². The van der Waals surface area contributed by atoms with E-state index < -0.39 is 0 Å². The first-order chi connectivity index (χ1) is 6.79. The fraction of sp³-hybridized carbons (Fsp3) is 0.222. The number of rotatable bonds is 2. The minimum atomic E-state index is 0.449.